The molecule has 0 aliphatic carbocycles. The van der Waals surface area contributed by atoms with E-state index in [-0.39, 0.29) is 11.5 Å². The maximum atomic E-state index is 12.4. The molecular formula is C14H13N3O2S. The summed E-state index contributed by atoms with van der Waals surface area (Å²) in [5.41, 5.74) is 1.11. The fourth-order valence-electron chi connectivity index (χ4n) is 2.15. The zero-order valence-corrected chi connectivity index (χ0v) is 11.6. The highest BCUT2D eigenvalue weighted by Gasteiger charge is 2.27. The molecule has 1 aromatic carbocycles. The number of hydrogen-bond acceptors (Lipinski definition) is 5. The molecule has 6 heteroatoms. The SMILES string of the molecule is N#C/C(C(=O)N1CCOCC1)=C1/Nc2ccccc2S1. The average molecular weight is 287 g/mol. The van der Waals surface area contributed by atoms with Crippen LogP contribution in [0.5, 0.6) is 0 Å². The average Bonchev–Trinajstić information content (AvgIpc) is 2.92. The largest absolute Gasteiger partial charge is 0.378 e. The van der Waals surface area contributed by atoms with Gasteiger partial charge in [0.15, 0.2) is 0 Å². The molecule has 1 fully saturated rings. The van der Waals surface area contributed by atoms with Gasteiger partial charge in [0.1, 0.15) is 16.7 Å². The Labute approximate surface area is 121 Å². The fourth-order valence-corrected chi connectivity index (χ4v) is 3.14. The maximum Gasteiger partial charge on any atom is 0.267 e. The van der Waals surface area contributed by atoms with E-state index in [2.05, 4.69) is 5.32 Å². The zero-order chi connectivity index (χ0) is 13.9. The lowest BCUT2D eigenvalue weighted by Gasteiger charge is -2.26. The number of morpholine rings is 1. The van der Waals surface area contributed by atoms with Gasteiger partial charge in [-0.2, -0.15) is 5.26 Å². The first-order valence-electron chi connectivity index (χ1n) is 6.35. The second-order valence-corrected chi connectivity index (χ2v) is 5.50. The van der Waals surface area contributed by atoms with Crippen LogP contribution in [0.4, 0.5) is 5.69 Å². The molecule has 0 saturated carbocycles. The molecule has 0 bridgehead atoms. The number of hydrogen-bond donors (Lipinski definition) is 1. The minimum atomic E-state index is -0.224. The number of para-hydroxylation sites is 1. The van der Waals surface area contributed by atoms with Crippen LogP contribution < -0.4 is 5.32 Å². The second kappa shape index (κ2) is 5.57. The summed E-state index contributed by atoms with van der Waals surface area (Å²) in [6.45, 7) is 2.13. The van der Waals surface area contributed by atoms with Crippen LogP contribution in [0.2, 0.25) is 0 Å². The first-order valence-corrected chi connectivity index (χ1v) is 7.16. The van der Waals surface area contributed by atoms with Crippen LogP contribution in [0.25, 0.3) is 0 Å². The number of benzene rings is 1. The number of amides is 1. The van der Waals surface area contributed by atoms with E-state index in [1.54, 1.807) is 4.90 Å². The molecule has 2 aliphatic rings. The smallest absolute Gasteiger partial charge is 0.267 e. The normalized spacial score (nSPS) is 19.9. The predicted molar refractivity (Wildman–Crippen MR) is 76.0 cm³/mol. The summed E-state index contributed by atoms with van der Waals surface area (Å²) in [7, 11) is 0. The third-order valence-electron chi connectivity index (χ3n) is 3.20. The Bertz CT molecular complexity index is 588. The number of rotatable bonds is 1. The highest BCUT2D eigenvalue weighted by molar-refractivity contribution is 8.03. The third-order valence-corrected chi connectivity index (χ3v) is 4.28. The fraction of sp³-hybridized carbons (Fsp3) is 0.286. The topological polar surface area (TPSA) is 65.4 Å². The lowest BCUT2D eigenvalue weighted by molar-refractivity contribution is -0.130. The minimum Gasteiger partial charge on any atom is -0.378 e. The van der Waals surface area contributed by atoms with Crippen molar-refractivity contribution in [2.24, 2.45) is 0 Å². The van der Waals surface area contributed by atoms with Gasteiger partial charge in [-0.05, 0) is 12.1 Å². The van der Waals surface area contributed by atoms with Gasteiger partial charge >= 0.3 is 0 Å². The molecule has 0 aromatic heterocycles. The van der Waals surface area contributed by atoms with Crippen molar-refractivity contribution in [2.75, 3.05) is 31.6 Å². The highest BCUT2D eigenvalue weighted by atomic mass is 32.2. The molecule has 2 aliphatic heterocycles. The van der Waals surface area contributed by atoms with E-state index in [0.717, 1.165) is 10.6 Å². The summed E-state index contributed by atoms with van der Waals surface area (Å²) >= 11 is 1.43. The Hall–Kier alpha value is -1.97. The second-order valence-electron chi connectivity index (χ2n) is 4.44. The zero-order valence-electron chi connectivity index (χ0n) is 10.8. The summed E-state index contributed by atoms with van der Waals surface area (Å²) in [4.78, 5) is 15.1. The number of thioether (sulfide) groups is 1. The van der Waals surface area contributed by atoms with E-state index in [4.69, 9.17) is 4.74 Å². The number of anilines is 1. The van der Waals surface area contributed by atoms with Gasteiger partial charge < -0.3 is 15.0 Å². The van der Waals surface area contributed by atoms with Gasteiger partial charge in [-0.25, -0.2) is 0 Å². The van der Waals surface area contributed by atoms with Crippen molar-refractivity contribution in [1.29, 1.82) is 5.26 Å². The van der Waals surface area contributed by atoms with Gasteiger partial charge in [-0.1, -0.05) is 23.9 Å². The van der Waals surface area contributed by atoms with Gasteiger partial charge in [0.25, 0.3) is 5.91 Å². The lowest BCUT2D eigenvalue weighted by atomic mass is 10.2. The number of carbonyl (C=O) groups excluding carboxylic acids is 1. The Morgan fingerprint density at radius 1 is 1.35 bits per heavy atom. The van der Waals surface area contributed by atoms with E-state index in [1.165, 1.54) is 11.8 Å². The van der Waals surface area contributed by atoms with Gasteiger partial charge in [0.05, 0.1) is 18.9 Å². The monoisotopic (exact) mass is 287 g/mol. The lowest BCUT2D eigenvalue weighted by Crippen LogP contribution is -2.41. The van der Waals surface area contributed by atoms with Crippen LogP contribution in [0, 0.1) is 11.3 Å². The summed E-state index contributed by atoms with van der Waals surface area (Å²) in [5, 5.41) is 13.1. The number of nitrogens with zero attached hydrogens (tertiary/aromatic N) is 2. The van der Waals surface area contributed by atoms with Crippen molar-refractivity contribution in [1.82, 2.24) is 4.90 Å². The molecule has 3 rings (SSSR count). The van der Waals surface area contributed by atoms with Crippen LogP contribution in [-0.4, -0.2) is 37.1 Å². The Morgan fingerprint density at radius 2 is 2.10 bits per heavy atom. The van der Waals surface area contributed by atoms with Crippen molar-refractivity contribution >= 4 is 23.4 Å². The van der Waals surface area contributed by atoms with E-state index >= 15 is 0 Å². The van der Waals surface area contributed by atoms with Crippen LogP contribution in [0.3, 0.4) is 0 Å². The Balaban J connectivity index is 1.86. The number of nitriles is 1. The van der Waals surface area contributed by atoms with Crippen LogP contribution in [-0.2, 0) is 9.53 Å². The number of fused-ring (bicyclic) bond motifs is 1. The Kier molecular flexibility index (Phi) is 3.63. The Morgan fingerprint density at radius 3 is 2.80 bits per heavy atom. The van der Waals surface area contributed by atoms with E-state index in [9.17, 15) is 10.1 Å². The van der Waals surface area contributed by atoms with Crippen molar-refractivity contribution in [2.45, 2.75) is 4.90 Å². The summed E-state index contributed by atoms with van der Waals surface area (Å²) in [6.07, 6.45) is 0. The van der Waals surface area contributed by atoms with Crippen molar-refractivity contribution < 1.29 is 9.53 Å². The van der Waals surface area contributed by atoms with Crippen molar-refractivity contribution in [3.8, 4) is 6.07 Å². The first kappa shape index (κ1) is 13.0. The number of carbonyl (C=O) groups is 1. The molecule has 20 heavy (non-hydrogen) atoms. The summed E-state index contributed by atoms with van der Waals surface area (Å²) in [6, 6.07) is 9.80. The molecule has 102 valence electrons. The van der Waals surface area contributed by atoms with Crippen LogP contribution in [0.1, 0.15) is 0 Å². The molecule has 0 radical (unpaired) electrons. The van der Waals surface area contributed by atoms with Crippen molar-refractivity contribution in [3.63, 3.8) is 0 Å². The number of nitrogens with one attached hydrogen (secondary N) is 1. The van der Waals surface area contributed by atoms with Gasteiger partial charge in [-0.15, -0.1) is 0 Å². The van der Waals surface area contributed by atoms with Crippen LogP contribution >= 0.6 is 11.8 Å². The maximum absolute atomic E-state index is 12.4. The summed E-state index contributed by atoms with van der Waals surface area (Å²) < 4.78 is 5.23. The molecule has 0 atom stereocenters. The van der Waals surface area contributed by atoms with E-state index in [1.807, 2.05) is 30.3 Å². The first-order chi connectivity index (χ1) is 9.79. The molecule has 0 unspecified atom stereocenters. The van der Waals surface area contributed by atoms with Gasteiger partial charge in [0.2, 0.25) is 0 Å². The number of ether oxygens (including phenoxy) is 1. The molecular weight excluding hydrogens is 274 g/mol. The highest BCUT2D eigenvalue weighted by Crippen LogP contribution is 2.42. The molecule has 1 N–H and O–H groups in total. The van der Waals surface area contributed by atoms with E-state index in [0.29, 0.717) is 31.3 Å². The minimum absolute atomic E-state index is 0.174. The van der Waals surface area contributed by atoms with Crippen LogP contribution in [0.15, 0.2) is 39.8 Å². The quantitative estimate of drug-likeness (QED) is 0.630. The summed E-state index contributed by atoms with van der Waals surface area (Å²) in [5.74, 6) is -0.224. The molecule has 2 heterocycles. The molecule has 0 spiro atoms. The molecule has 1 aromatic rings. The molecule has 1 saturated heterocycles. The van der Waals surface area contributed by atoms with Gasteiger partial charge in [-0.3, -0.25) is 4.79 Å². The third kappa shape index (κ3) is 2.38. The molecule has 5 nitrogen and oxygen atoms in total. The van der Waals surface area contributed by atoms with Crippen molar-refractivity contribution in [3.05, 3.63) is 34.9 Å². The van der Waals surface area contributed by atoms with E-state index < -0.39 is 0 Å². The van der Waals surface area contributed by atoms with Gasteiger partial charge in [0, 0.05) is 18.0 Å². The predicted octanol–water partition coefficient (Wildman–Crippen LogP) is 1.80. The molecule has 1 amide bonds. The standard InChI is InChI=1S/C14H13N3O2S/c15-9-10(14(18)17-5-7-19-8-6-17)13-16-11-3-1-2-4-12(11)20-13/h1-4,16H,5-8H2/b13-10+.